The van der Waals surface area contributed by atoms with Crippen LogP contribution in [0.4, 0.5) is 5.69 Å². The van der Waals surface area contributed by atoms with Crippen LogP contribution >= 0.6 is 11.8 Å². The van der Waals surface area contributed by atoms with Gasteiger partial charge in [0.25, 0.3) is 5.56 Å². The number of nitrogens with one attached hydrogen (secondary N) is 1. The van der Waals surface area contributed by atoms with Crippen molar-refractivity contribution in [1.29, 1.82) is 0 Å². The van der Waals surface area contributed by atoms with E-state index in [1.165, 1.54) is 11.8 Å². The van der Waals surface area contributed by atoms with E-state index in [1.807, 2.05) is 18.2 Å². The van der Waals surface area contributed by atoms with E-state index < -0.39 is 5.25 Å². The van der Waals surface area contributed by atoms with E-state index >= 15 is 0 Å². The van der Waals surface area contributed by atoms with Gasteiger partial charge in [0.1, 0.15) is 11.5 Å². The van der Waals surface area contributed by atoms with Gasteiger partial charge in [-0.15, -0.1) is 0 Å². The van der Waals surface area contributed by atoms with Gasteiger partial charge in [-0.05, 0) is 37.6 Å². The molecular weight excluding hydrogens is 438 g/mol. The third-order valence-electron chi connectivity index (χ3n) is 5.38. The maximum absolute atomic E-state index is 13.2. The lowest BCUT2D eigenvalue weighted by molar-refractivity contribution is -0.115. The standard InChI is InChI=1S/C25H31N3O4S/c1-5-6-7-10-15-28-24(30)19-11-8-9-12-20(19)27-25(28)33-17(2)23(29)26-21-16-18(31-3)13-14-22(21)32-4/h8-9,11-14,16-17H,5-7,10,15H2,1-4H3,(H,26,29). The molecule has 1 atom stereocenters. The molecule has 0 saturated heterocycles. The summed E-state index contributed by atoms with van der Waals surface area (Å²) in [5.41, 5.74) is 1.09. The number of aromatic nitrogens is 2. The fourth-order valence-corrected chi connectivity index (χ4v) is 4.42. The van der Waals surface area contributed by atoms with Gasteiger partial charge < -0.3 is 14.8 Å². The molecule has 1 amide bonds. The number of carbonyl (C=O) groups is 1. The summed E-state index contributed by atoms with van der Waals surface area (Å²) in [6.07, 6.45) is 4.19. The van der Waals surface area contributed by atoms with E-state index in [4.69, 9.17) is 14.5 Å². The SMILES string of the molecule is CCCCCCn1c(SC(C)C(=O)Nc2cc(OC)ccc2OC)nc2ccccc2c1=O. The predicted octanol–water partition coefficient (Wildman–Crippen LogP) is 5.11. The minimum absolute atomic E-state index is 0.0679. The van der Waals surface area contributed by atoms with Crippen LogP contribution in [-0.2, 0) is 11.3 Å². The number of anilines is 1. The molecule has 1 heterocycles. The number of hydrogen-bond donors (Lipinski definition) is 1. The summed E-state index contributed by atoms with van der Waals surface area (Å²) >= 11 is 1.28. The molecule has 0 saturated carbocycles. The Morgan fingerprint density at radius 2 is 1.91 bits per heavy atom. The molecule has 176 valence electrons. The lowest BCUT2D eigenvalue weighted by Gasteiger charge is -2.17. The first-order valence-electron chi connectivity index (χ1n) is 11.2. The quantitative estimate of drug-likeness (QED) is 0.239. The van der Waals surface area contributed by atoms with Crippen LogP contribution in [0.3, 0.4) is 0 Å². The largest absolute Gasteiger partial charge is 0.497 e. The Morgan fingerprint density at radius 3 is 2.64 bits per heavy atom. The molecule has 1 N–H and O–H groups in total. The van der Waals surface area contributed by atoms with Gasteiger partial charge in [0.15, 0.2) is 5.16 Å². The third kappa shape index (κ3) is 6.07. The number of amides is 1. The Balaban J connectivity index is 1.85. The van der Waals surface area contributed by atoms with Crippen molar-refractivity contribution in [2.24, 2.45) is 0 Å². The highest BCUT2D eigenvalue weighted by Crippen LogP contribution is 2.30. The Bertz CT molecular complexity index is 1160. The molecule has 33 heavy (non-hydrogen) atoms. The van der Waals surface area contributed by atoms with Crippen LogP contribution in [0, 0.1) is 0 Å². The monoisotopic (exact) mass is 469 g/mol. The fourth-order valence-electron chi connectivity index (χ4n) is 3.49. The van der Waals surface area contributed by atoms with Gasteiger partial charge in [0.2, 0.25) is 5.91 Å². The van der Waals surface area contributed by atoms with Crippen molar-refractivity contribution in [2.45, 2.75) is 56.5 Å². The highest BCUT2D eigenvalue weighted by Gasteiger charge is 2.21. The van der Waals surface area contributed by atoms with E-state index in [9.17, 15) is 9.59 Å². The highest BCUT2D eigenvalue weighted by atomic mass is 32.2. The summed E-state index contributed by atoms with van der Waals surface area (Å²) in [7, 11) is 3.11. The number of rotatable bonds is 11. The number of ether oxygens (including phenoxy) is 2. The smallest absolute Gasteiger partial charge is 0.262 e. The second-order valence-corrected chi connectivity index (χ2v) is 9.05. The lowest BCUT2D eigenvalue weighted by atomic mass is 10.2. The maximum atomic E-state index is 13.2. The number of para-hydroxylation sites is 1. The molecule has 1 unspecified atom stereocenters. The summed E-state index contributed by atoms with van der Waals surface area (Å²) in [5.74, 6) is 0.938. The van der Waals surface area contributed by atoms with Gasteiger partial charge in [-0.2, -0.15) is 0 Å². The number of unbranched alkanes of at least 4 members (excludes halogenated alkanes) is 3. The third-order valence-corrected chi connectivity index (χ3v) is 6.47. The fraction of sp³-hybridized carbons (Fsp3) is 0.400. The first-order chi connectivity index (χ1) is 16.0. The van der Waals surface area contributed by atoms with Gasteiger partial charge >= 0.3 is 0 Å². The number of fused-ring (bicyclic) bond motifs is 1. The summed E-state index contributed by atoms with van der Waals surface area (Å²) in [6.45, 7) is 4.54. The van der Waals surface area contributed by atoms with Crippen molar-refractivity contribution in [3.8, 4) is 11.5 Å². The number of benzene rings is 2. The van der Waals surface area contributed by atoms with Crippen LogP contribution < -0.4 is 20.3 Å². The van der Waals surface area contributed by atoms with Crippen molar-refractivity contribution < 1.29 is 14.3 Å². The molecule has 0 radical (unpaired) electrons. The average Bonchev–Trinajstić information content (AvgIpc) is 2.83. The zero-order chi connectivity index (χ0) is 23.8. The molecule has 0 bridgehead atoms. The normalized spacial score (nSPS) is 11.9. The Kier molecular flexibility index (Phi) is 8.77. The molecule has 7 nitrogen and oxygen atoms in total. The average molecular weight is 470 g/mol. The Morgan fingerprint density at radius 1 is 1.12 bits per heavy atom. The number of nitrogens with zero attached hydrogens (tertiary/aromatic N) is 2. The molecule has 3 aromatic rings. The van der Waals surface area contributed by atoms with Crippen LogP contribution in [0.5, 0.6) is 11.5 Å². The summed E-state index contributed by atoms with van der Waals surface area (Å²) in [6, 6.07) is 12.6. The molecule has 1 aromatic heterocycles. The van der Waals surface area contributed by atoms with Crippen molar-refractivity contribution >= 4 is 34.3 Å². The van der Waals surface area contributed by atoms with Crippen LogP contribution in [0.2, 0.25) is 0 Å². The lowest BCUT2D eigenvalue weighted by Crippen LogP contribution is -2.27. The van der Waals surface area contributed by atoms with Crippen molar-refractivity contribution in [1.82, 2.24) is 9.55 Å². The summed E-state index contributed by atoms with van der Waals surface area (Å²) < 4.78 is 12.3. The van der Waals surface area contributed by atoms with Crippen LogP contribution in [-0.4, -0.2) is 34.9 Å². The number of thioether (sulfide) groups is 1. The van der Waals surface area contributed by atoms with Gasteiger partial charge in [-0.3, -0.25) is 14.2 Å². The first-order valence-corrected chi connectivity index (χ1v) is 12.1. The minimum Gasteiger partial charge on any atom is -0.497 e. The van der Waals surface area contributed by atoms with Crippen molar-refractivity contribution in [2.75, 3.05) is 19.5 Å². The van der Waals surface area contributed by atoms with E-state index in [-0.39, 0.29) is 11.5 Å². The van der Waals surface area contributed by atoms with Crippen molar-refractivity contribution in [3.05, 3.63) is 52.8 Å². The van der Waals surface area contributed by atoms with Crippen LogP contribution in [0.1, 0.15) is 39.5 Å². The van der Waals surface area contributed by atoms with E-state index in [2.05, 4.69) is 12.2 Å². The van der Waals surface area contributed by atoms with E-state index in [0.717, 1.165) is 25.7 Å². The van der Waals surface area contributed by atoms with Gasteiger partial charge in [-0.1, -0.05) is 50.1 Å². The molecule has 0 aliphatic rings. The van der Waals surface area contributed by atoms with Crippen LogP contribution in [0.15, 0.2) is 52.4 Å². The minimum atomic E-state index is -0.490. The van der Waals surface area contributed by atoms with Gasteiger partial charge in [-0.25, -0.2) is 4.98 Å². The molecule has 3 rings (SSSR count). The molecule has 0 aliphatic carbocycles. The van der Waals surface area contributed by atoms with E-state index in [0.29, 0.717) is 39.8 Å². The summed E-state index contributed by atoms with van der Waals surface area (Å²) in [4.78, 5) is 30.9. The molecule has 0 fully saturated rings. The second-order valence-electron chi connectivity index (χ2n) is 7.74. The highest BCUT2D eigenvalue weighted by molar-refractivity contribution is 8.00. The number of hydrogen-bond acceptors (Lipinski definition) is 6. The Labute approximate surface area is 198 Å². The second kappa shape index (κ2) is 11.7. The predicted molar refractivity (Wildman–Crippen MR) is 134 cm³/mol. The molecule has 0 aliphatic heterocycles. The molecule has 8 heteroatoms. The van der Waals surface area contributed by atoms with E-state index in [1.54, 1.807) is 50.0 Å². The topological polar surface area (TPSA) is 82.5 Å². The van der Waals surface area contributed by atoms with Gasteiger partial charge in [0.05, 0.1) is 36.1 Å². The maximum Gasteiger partial charge on any atom is 0.262 e. The zero-order valence-electron chi connectivity index (χ0n) is 19.6. The summed E-state index contributed by atoms with van der Waals surface area (Å²) in [5, 5.41) is 3.56. The zero-order valence-corrected chi connectivity index (χ0v) is 20.4. The van der Waals surface area contributed by atoms with Crippen molar-refractivity contribution in [3.63, 3.8) is 0 Å². The Hall–Kier alpha value is -3.00. The molecular formula is C25H31N3O4S. The first kappa shape index (κ1) is 24.6. The number of carbonyl (C=O) groups excluding carboxylic acids is 1. The number of methoxy groups -OCH3 is 2. The van der Waals surface area contributed by atoms with Gasteiger partial charge in [0, 0.05) is 12.6 Å². The molecule has 2 aromatic carbocycles. The molecule has 0 spiro atoms. The van der Waals surface area contributed by atoms with Crippen LogP contribution in [0.25, 0.3) is 10.9 Å².